The van der Waals surface area contributed by atoms with E-state index in [1.165, 1.54) is 80.6 Å². The van der Waals surface area contributed by atoms with Crippen LogP contribution >= 0.6 is 0 Å². The van der Waals surface area contributed by atoms with Gasteiger partial charge in [0.05, 0.1) is 18.8 Å². The lowest BCUT2D eigenvalue weighted by atomic mass is 9.97. The molecule has 0 radical (unpaired) electrons. The molecule has 8 rings (SSSR count). The Kier molecular flexibility index (Phi) is 16.3. The van der Waals surface area contributed by atoms with Crippen LogP contribution in [-0.4, -0.2) is 172 Å². The molecule has 15 unspecified atom stereocenters. The minimum absolute atomic E-state index is 0.0167. The fraction of sp³-hybridized carbons (Fsp3) is 0.353. The highest BCUT2D eigenvalue weighted by molar-refractivity contribution is 5.89. The van der Waals surface area contributed by atoms with Crippen molar-refractivity contribution in [2.24, 2.45) is 0 Å². The number of fused-ring (bicyclic) bond motifs is 1. The van der Waals surface area contributed by atoms with Crippen molar-refractivity contribution in [3.8, 4) is 51.6 Å². The highest BCUT2D eigenvalue weighted by atomic mass is 16.8. The van der Waals surface area contributed by atoms with Gasteiger partial charge in [-0.15, -0.1) is 0 Å². The van der Waals surface area contributed by atoms with Crippen molar-refractivity contribution in [2.45, 2.75) is 106 Å². The SMILES string of the molecule is CC1OC(OCC2OC(Oc3c(-c4ccc(O)c(O)c4)oc4cc(O)cc(O)c4c3=O)C(OC3OC(C)C(OC(=O)C=Cc4ccc(O)cc4)C(O)C3O)C(O)C2OC(=O)C=Cc2ccc(O)cc2)C(O)C(O)C1O. The largest absolute Gasteiger partial charge is 0.508 e. The third kappa shape index (κ3) is 12.0. The number of aliphatic hydroxyl groups excluding tert-OH is 6. The zero-order valence-electron chi connectivity index (χ0n) is 39.4. The molecule has 3 saturated heterocycles. The molecule has 3 fully saturated rings. The summed E-state index contributed by atoms with van der Waals surface area (Å²) in [7, 11) is 0. The van der Waals surface area contributed by atoms with Gasteiger partial charge in [-0.2, -0.15) is 0 Å². The van der Waals surface area contributed by atoms with Crippen LogP contribution in [0.2, 0.25) is 0 Å². The van der Waals surface area contributed by atoms with Gasteiger partial charge in [-0.25, -0.2) is 9.59 Å². The number of rotatable bonds is 14. The van der Waals surface area contributed by atoms with E-state index in [1.807, 2.05) is 0 Å². The second-order valence-electron chi connectivity index (χ2n) is 17.7. The molecule has 12 N–H and O–H groups in total. The van der Waals surface area contributed by atoms with Gasteiger partial charge in [-0.3, -0.25) is 4.79 Å². The monoisotopic (exact) mass is 1050 g/mol. The molecule has 0 saturated carbocycles. The Bertz CT molecular complexity index is 2960. The molecule has 4 heterocycles. The number of carbonyl (C=O) groups is 2. The quantitative estimate of drug-likeness (QED) is 0.0421. The Morgan fingerprint density at radius 3 is 1.76 bits per heavy atom. The normalized spacial score (nSPS) is 30.1. The van der Waals surface area contributed by atoms with Crippen LogP contribution in [0, 0.1) is 0 Å². The van der Waals surface area contributed by atoms with Gasteiger partial charge in [0.2, 0.25) is 17.5 Å². The number of aromatic hydroxyl groups is 6. The van der Waals surface area contributed by atoms with Gasteiger partial charge >= 0.3 is 11.9 Å². The minimum Gasteiger partial charge on any atom is -0.508 e. The molecule has 5 aromatic rings. The average molecular weight is 1050 g/mol. The smallest absolute Gasteiger partial charge is 0.331 e. The second-order valence-corrected chi connectivity index (χ2v) is 17.7. The molecular formula is C51H52O24. The molecule has 4 aromatic carbocycles. The van der Waals surface area contributed by atoms with Crippen molar-refractivity contribution in [2.75, 3.05) is 6.61 Å². The summed E-state index contributed by atoms with van der Waals surface area (Å²) in [4.78, 5) is 41.1. The van der Waals surface area contributed by atoms with Crippen LogP contribution in [0.3, 0.4) is 0 Å². The molecule has 15 atom stereocenters. The first-order valence-corrected chi connectivity index (χ1v) is 23.1. The number of ether oxygens (including phenoxy) is 8. The molecule has 0 aliphatic carbocycles. The van der Waals surface area contributed by atoms with Gasteiger partial charge < -0.3 is 104 Å². The van der Waals surface area contributed by atoms with Crippen LogP contribution in [0.4, 0.5) is 0 Å². The molecule has 3 aliphatic heterocycles. The molecule has 24 heteroatoms. The first-order valence-electron chi connectivity index (χ1n) is 23.1. The van der Waals surface area contributed by atoms with Crippen molar-refractivity contribution in [1.82, 2.24) is 0 Å². The van der Waals surface area contributed by atoms with Crippen LogP contribution in [0.1, 0.15) is 25.0 Å². The summed E-state index contributed by atoms with van der Waals surface area (Å²) in [6, 6.07) is 16.4. The first kappa shape index (κ1) is 53.9. The third-order valence-electron chi connectivity index (χ3n) is 12.4. The van der Waals surface area contributed by atoms with Crippen molar-refractivity contribution in [3.63, 3.8) is 0 Å². The lowest BCUT2D eigenvalue weighted by molar-refractivity contribution is -0.360. The molecule has 0 spiro atoms. The summed E-state index contributed by atoms with van der Waals surface area (Å²) in [5.74, 6) is -6.25. The van der Waals surface area contributed by atoms with Gasteiger partial charge in [0, 0.05) is 29.8 Å². The maximum atomic E-state index is 14.6. The maximum absolute atomic E-state index is 14.6. The van der Waals surface area contributed by atoms with E-state index in [-0.39, 0.29) is 17.1 Å². The fourth-order valence-electron chi connectivity index (χ4n) is 8.38. The number of carbonyl (C=O) groups excluding carboxylic acids is 2. The zero-order valence-corrected chi connectivity index (χ0v) is 39.4. The van der Waals surface area contributed by atoms with E-state index in [9.17, 15) is 75.7 Å². The summed E-state index contributed by atoms with van der Waals surface area (Å²) in [5.41, 5.74) is -0.829. The van der Waals surface area contributed by atoms with Crippen LogP contribution < -0.4 is 10.2 Å². The molecule has 24 nitrogen and oxygen atoms in total. The average Bonchev–Trinajstić information content (AvgIpc) is 3.37. The highest BCUT2D eigenvalue weighted by Crippen LogP contribution is 2.41. The van der Waals surface area contributed by atoms with E-state index in [0.29, 0.717) is 11.1 Å². The fourth-order valence-corrected chi connectivity index (χ4v) is 8.38. The van der Waals surface area contributed by atoms with E-state index in [4.69, 9.17) is 42.3 Å². The Balaban J connectivity index is 1.17. The zero-order chi connectivity index (χ0) is 54.0. The highest BCUT2D eigenvalue weighted by Gasteiger charge is 2.54. The topological polar surface area (TPSA) is 381 Å². The predicted octanol–water partition coefficient (Wildman–Crippen LogP) is 1.10. The molecule has 3 aliphatic rings. The number of benzene rings is 4. The Morgan fingerprint density at radius 1 is 0.560 bits per heavy atom. The second kappa shape index (κ2) is 22.6. The standard InChI is InChI=1S/C51H52O24/c1-21-37(60)39(62)41(64)49(68-21)67-20-33-46(73-35(59)16-8-24-5-12-27(53)13-6-24)43(66)48(75-50-42(65)40(63)44(22(2)69-50)72-34(58)15-7-23-3-10-26(52)11-4-23)51(71-33)74-47-38(61)36-31(57)18-28(54)19-32(36)70-45(47)25-9-14-29(55)30(56)17-25/h3-19,21-22,33,37,39-44,46,48-57,60,62-66H,20H2,1-2H3. The van der Waals surface area contributed by atoms with Gasteiger partial charge in [0.1, 0.15) is 76.7 Å². The van der Waals surface area contributed by atoms with Gasteiger partial charge in [0.15, 0.2) is 48.2 Å². The minimum atomic E-state index is -2.21. The van der Waals surface area contributed by atoms with Crippen molar-refractivity contribution in [3.05, 3.63) is 112 Å². The van der Waals surface area contributed by atoms with Crippen molar-refractivity contribution >= 4 is 35.1 Å². The number of hydrogen-bond donors (Lipinski definition) is 12. The molecule has 400 valence electrons. The lowest BCUT2D eigenvalue weighted by Gasteiger charge is -2.47. The van der Waals surface area contributed by atoms with Gasteiger partial charge in [-0.1, -0.05) is 24.3 Å². The number of phenolic OH excluding ortho intramolecular Hbond substituents is 6. The molecule has 75 heavy (non-hydrogen) atoms. The Morgan fingerprint density at radius 2 is 1.15 bits per heavy atom. The van der Waals surface area contributed by atoms with E-state index in [2.05, 4.69) is 0 Å². The van der Waals surface area contributed by atoms with E-state index in [1.54, 1.807) is 0 Å². The first-order chi connectivity index (χ1) is 35.7. The van der Waals surface area contributed by atoms with Crippen LogP contribution in [0.15, 0.2) is 100 Å². The van der Waals surface area contributed by atoms with Gasteiger partial charge in [-0.05, 0) is 79.6 Å². The molecule has 0 bridgehead atoms. The molecular weight excluding hydrogens is 997 g/mol. The van der Waals surface area contributed by atoms with E-state index >= 15 is 0 Å². The summed E-state index contributed by atoms with van der Waals surface area (Å²) >= 11 is 0. The van der Waals surface area contributed by atoms with Crippen molar-refractivity contribution < 1.29 is 113 Å². The Hall–Kier alpha value is -7.33. The van der Waals surface area contributed by atoms with Crippen LogP contribution in [0.5, 0.6) is 40.2 Å². The van der Waals surface area contributed by atoms with E-state index in [0.717, 1.165) is 36.4 Å². The number of hydrogen-bond acceptors (Lipinski definition) is 24. The summed E-state index contributed by atoms with van der Waals surface area (Å²) < 4.78 is 53.2. The summed E-state index contributed by atoms with van der Waals surface area (Å²) in [6.07, 6.45) is -22.5. The van der Waals surface area contributed by atoms with Gasteiger partial charge in [0.25, 0.3) is 0 Å². The van der Waals surface area contributed by atoms with Crippen molar-refractivity contribution in [1.29, 1.82) is 0 Å². The maximum Gasteiger partial charge on any atom is 0.331 e. The third-order valence-corrected chi connectivity index (χ3v) is 12.4. The van der Waals surface area contributed by atoms with E-state index < -0.39 is 162 Å². The summed E-state index contributed by atoms with van der Waals surface area (Å²) in [5, 5.41) is 128. The Labute approximate surface area is 423 Å². The molecule has 0 amide bonds. The number of esters is 2. The van der Waals surface area contributed by atoms with Crippen LogP contribution in [-0.2, 0) is 42.7 Å². The molecule has 1 aromatic heterocycles. The predicted molar refractivity (Wildman–Crippen MR) is 253 cm³/mol. The van der Waals surface area contributed by atoms with Crippen LogP contribution in [0.25, 0.3) is 34.4 Å². The number of aliphatic hydroxyl groups is 6. The summed E-state index contributed by atoms with van der Waals surface area (Å²) in [6.45, 7) is 1.89. The lowest BCUT2D eigenvalue weighted by Crippen LogP contribution is -2.66. The number of phenols is 6.